The molecular weight excluding hydrogens is 386 g/mol. The molecule has 1 saturated carbocycles. The lowest BCUT2D eigenvalue weighted by Gasteiger charge is -2.28. The minimum absolute atomic E-state index is 0.0897. The molecule has 1 fully saturated rings. The van der Waals surface area contributed by atoms with E-state index >= 15 is 0 Å². The van der Waals surface area contributed by atoms with Crippen molar-refractivity contribution in [2.75, 3.05) is 13.2 Å². The maximum Gasteiger partial charge on any atom is 0.253 e. The van der Waals surface area contributed by atoms with E-state index in [0.29, 0.717) is 48.5 Å². The van der Waals surface area contributed by atoms with Crippen molar-refractivity contribution in [2.24, 2.45) is 5.92 Å². The number of alkyl halides is 2. The molecule has 0 bridgehead atoms. The predicted molar refractivity (Wildman–Crippen MR) is 107 cm³/mol. The van der Waals surface area contributed by atoms with E-state index < -0.39 is 5.92 Å². The number of fused-ring (bicyclic) bond motifs is 1. The predicted octanol–water partition coefficient (Wildman–Crippen LogP) is 5.28. The molecule has 0 spiro atoms. The summed E-state index contributed by atoms with van der Waals surface area (Å²) in [5, 5.41) is 4.14. The van der Waals surface area contributed by atoms with Crippen molar-refractivity contribution in [3.8, 4) is 0 Å². The van der Waals surface area contributed by atoms with E-state index in [0.717, 1.165) is 5.52 Å². The van der Waals surface area contributed by atoms with Crippen molar-refractivity contribution in [3.05, 3.63) is 35.0 Å². The third kappa shape index (κ3) is 5.03. The van der Waals surface area contributed by atoms with Gasteiger partial charge in [0.2, 0.25) is 5.92 Å². The Hall–Kier alpha value is -1.66. The Kier molecular flexibility index (Phi) is 6.61. The fourth-order valence-corrected chi connectivity index (χ4v) is 3.96. The number of benzene rings is 1. The molecule has 1 amide bonds. The number of halogens is 3. The monoisotopic (exact) mass is 412 g/mol. The van der Waals surface area contributed by atoms with E-state index in [9.17, 15) is 13.6 Å². The first-order chi connectivity index (χ1) is 13.3. The van der Waals surface area contributed by atoms with E-state index in [4.69, 9.17) is 16.3 Å². The number of amides is 1. The topological polar surface area (TPSA) is 43.3 Å². The molecule has 0 atom stereocenters. The molecule has 154 valence electrons. The molecule has 1 aromatic carbocycles. The Morgan fingerprint density at radius 3 is 2.75 bits per heavy atom. The summed E-state index contributed by atoms with van der Waals surface area (Å²) in [5.74, 6) is -2.69. The van der Waals surface area contributed by atoms with Gasteiger partial charge in [0.15, 0.2) is 0 Å². The van der Waals surface area contributed by atoms with Crippen molar-refractivity contribution in [1.29, 1.82) is 0 Å². The molecule has 2 aromatic rings. The fraction of sp³-hybridized carbons (Fsp3) is 0.571. The van der Waals surface area contributed by atoms with Gasteiger partial charge in [-0.15, -0.1) is 0 Å². The molecule has 1 aliphatic carbocycles. The second-order valence-electron chi connectivity index (χ2n) is 7.80. The summed E-state index contributed by atoms with van der Waals surface area (Å²) >= 11 is 6.38. The average Bonchev–Trinajstić information content (AvgIpc) is 3.00. The van der Waals surface area contributed by atoms with Crippen molar-refractivity contribution in [2.45, 2.75) is 58.1 Å². The normalized spacial score (nSPS) is 17.4. The number of ether oxygens (including phenoxy) is 1. The van der Waals surface area contributed by atoms with Crippen LogP contribution in [0.4, 0.5) is 8.78 Å². The highest BCUT2D eigenvalue weighted by Crippen LogP contribution is 2.36. The van der Waals surface area contributed by atoms with Crippen LogP contribution in [-0.4, -0.2) is 35.7 Å². The van der Waals surface area contributed by atoms with Crippen LogP contribution in [0.2, 0.25) is 5.02 Å². The second-order valence-corrected chi connectivity index (χ2v) is 8.21. The van der Waals surface area contributed by atoms with Gasteiger partial charge in [0.25, 0.3) is 5.91 Å². The number of nitrogens with zero attached hydrogens (tertiary/aromatic N) is 1. The first-order valence-corrected chi connectivity index (χ1v) is 10.2. The summed E-state index contributed by atoms with van der Waals surface area (Å²) in [6.45, 7) is 5.50. The van der Waals surface area contributed by atoms with Gasteiger partial charge < -0.3 is 14.6 Å². The third-order valence-corrected chi connectivity index (χ3v) is 5.59. The standard InChI is InChI=1S/C21H27ClF2N2O2/c1-14(2)28-11-10-26-13-16(19-17(22)4-3-5-18(19)26)20(27)25-12-15-6-8-21(23,24)9-7-15/h3-5,13-15H,6-12H2,1-2H3,(H,25,27). The Morgan fingerprint density at radius 1 is 1.36 bits per heavy atom. The summed E-state index contributed by atoms with van der Waals surface area (Å²) in [5.41, 5.74) is 1.38. The third-order valence-electron chi connectivity index (χ3n) is 5.27. The zero-order chi connectivity index (χ0) is 20.3. The number of carbonyl (C=O) groups excluding carboxylic acids is 1. The highest BCUT2D eigenvalue weighted by molar-refractivity contribution is 6.36. The SMILES string of the molecule is CC(C)OCCn1cc(C(=O)NCC2CCC(F)(F)CC2)c2c(Cl)cccc21. The average molecular weight is 413 g/mol. The molecule has 1 heterocycles. The van der Waals surface area contributed by atoms with Crippen LogP contribution < -0.4 is 5.32 Å². The van der Waals surface area contributed by atoms with Crippen LogP contribution in [0, 0.1) is 5.92 Å². The lowest BCUT2D eigenvalue weighted by Crippen LogP contribution is -2.33. The van der Waals surface area contributed by atoms with E-state index in [-0.39, 0.29) is 30.8 Å². The van der Waals surface area contributed by atoms with E-state index in [1.807, 2.05) is 30.5 Å². The number of hydrogen-bond donors (Lipinski definition) is 1. The Balaban J connectivity index is 1.71. The molecule has 1 N–H and O–H groups in total. The fourth-order valence-electron chi connectivity index (χ4n) is 3.69. The van der Waals surface area contributed by atoms with Gasteiger partial charge >= 0.3 is 0 Å². The van der Waals surface area contributed by atoms with Crippen LogP contribution in [0.25, 0.3) is 10.9 Å². The Bertz CT molecular complexity index is 825. The number of hydrogen-bond acceptors (Lipinski definition) is 2. The quantitative estimate of drug-likeness (QED) is 0.672. The van der Waals surface area contributed by atoms with Gasteiger partial charge in [-0.25, -0.2) is 8.78 Å². The minimum Gasteiger partial charge on any atom is -0.377 e. The minimum atomic E-state index is -2.56. The first kappa shape index (κ1) is 21.1. The molecule has 28 heavy (non-hydrogen) atoms. The highest BCUT2D eigenvalue weighted by atomic mass is 35.5. The molecule has 4 nitrogen and oxygen atoms in total. The Morgan fingerprint density at radius 2 is 2.07 bits per heavy atom. The smallest absolute Gasteiger partial charge is 0.253 e. The van der Waals surface area contributed by atoms with Crippen LogP contribution in [0.1, 0.15) is 49.9 Å². The van der Waals surface area contributed by atoms with Crippen LogP contribution in [0.15, 0.2) is 24.4 Å². The maximum atomic E-state index is 13.3. The number of rotatable bonds is 7. The summed E-state index contributed by atoms with van der Waals surface area (Å²) in [6, 6.07) is 5.55. The number of carbonyl (C=O) groups is 1. The summed E-state index contributed by atoms with van der Waals surface area (Å²) < 4.78 is 34.2. The van der Waals surface area contributed by atoms with Gasteiger partial charge in [-0.1, -0.05) is 17.7 Å². The summed E-state index contributed by atoms with van der Waals surface area (Å²) in [4.78, 5) is 12.8. The second kappa shape index (κ2) is 8.78. The van der Waals surface area contributed by atoms with E-state index in [1.54, 1.807) is 12.3 Å². The molecule has 0 saturated heterocycles. The zero-order valence-corrected chi connectivity index (χ0v) is 17.1. The molecule has 0 radical (unpaired) electrons. The van der Waals surface area contributed by atoms with Crippen LogP contribution in [-0.2, 0) is 11.3 Å². The van der Waals surface area contributed by atoms with Gasteiger partial charge in [0.05, 0.1) is 28.8 Å². The van der Waals surface area contributed by atoms with Crippen molar-refractivity contribution >= 4 is 28.4 Å². The summed E-state index contributed by atoms with van der Waals surface area (Å²) in [6.07, 6.45) is 2.59. The van der Waals surface area contributed by atoms with Crippen molar-refractivity contribution in [3.63, 3.8) is 0 Å². The molecule has 1 aliphatic rings. The largest absolute Gasteiger partial charge is 0.377 e. The first-order valence-electron chi connectivity index (χ1n) is 9.82. The maximum absolute atomic E-state index is 13.3. The molecular formula is C21H27ClF2N2O2. The van der Waals surface area contributed by atoms with Crippen molar-refractivity contribution in [1.82, 2.24) is 9.88 Å². The van der Waals surface area contributed by atoms with Crippen LogP contribution in [0.3, 0.4) is 0 Å². The molecule has 3 rings (SSSR count). The zero-order valence-electron chi connectivity index (χ0n) is 16.3. The van der Waals surface area contributed by atoms with Crippen LogP contribution >= 0.6 is 11.6 Å². The Labute approximate surface area is 169 Å². The van der Waals surface area contributed by atoms with Gasteiger partial charge in [-0.3, -0.25) is 4.79 Å². The van der Waals surface area contributed by atoms with E-state index in [1.165, 1.54) is 0 Å². The van der Waals surface area contributed by atoms with Gasteiger partial charge in [0.1, 0.15) is 0 Å². The molecule has 0 aliphatic heterocycles. The van der Waals surface area contributed by atoms with Crippen molar-refractivity contribution < 1.29 is 18.3 Å². The number of nitrogens with one attached hydrogen (secondary N) is 1. The highest BCUT2D eigenvalue weighted by Gasteiger charge is 2.34. The van der Waals surface area contributed by atoms with Gasteiger partial charge in [-0.05, 0) is 44.7 Å². The molecule has 0 unspecified atom stereocenters. The number of aromatic nitrogens is 1. The molecule has 1 aromatic heterocycles. The van der Waals surface area contributed by atoms with Gasteiger partial charge in [0, 0.05) is 37.5 Å². The lowest BCUT2D eigenvalue weighted by atomic mass is 9.87. The summed E-state index contributed by atoms with van der Waals surface area (Å²) in [7, 11) is 0. The molecule has 7 heteroatoms. The lowest BCUT2D eigenvalue weighted by molar-refractivity contribution is -0.0452. The van der Waals surface area contributed by atoms with Crippen LogP contribution in [0.5, 0.6) is 0 Å². The van der Waals surface area contributed by atoms with Gasteiger partial charge in [-0.2, -0.15) is 0 Å². The van der Waals surface area contributed by atoms with E-state index in [2.05, 4.69) is 5.32 Å².